The maximum absolute atomic E-state index is 5.78. The molecule has 0 saturated carbocycles. The van der Waals surface area contributed by atoms with E-state index in [1.807, 2.05) is 60.7 Å². The van der Waals surface area contributed by atoms with Crippen LogP contribution in [0.1, 0.15) is 0 Å². The average molecular weight is 372 g/mol. The molecular weight excluding hydrogens is 358 g/mol. The van der Waals surface area contributed by atoms with Crippen LogP contribution in [0.2, 0.25) is 0 Å². The molecule has 0 amide bonds. The molecule has 4 N–H and O–H groups in total. The first-order valence-electron chi connectivity index (χ1n) is 6.35. The summed E-state index contributed by atoms with van der Waals surface area (Å²) in [5, 5.41) is 11.8. The van der Waals surface area contributed by atoms with Crippen LogP contribution in [0.4, 0.5) is 0 Å². The fourth-order valence-electron chi connectivity index (χ4n) is 1.67. The molecule has 1 aliphatic heterocycles. The summed E-state index contributed by atoms with van der Waals surface area (Å²) in [6.07, 6.45) is 0. The molecule has 2 aromatic rings. The molecule has 1 heterocycles. The number of hydrazine groups is 2. The Hall–Kier alpha value is -0.820. The molecule has 0 unspecified atom stereocenters. The van der Waals surface area contributed by atoms with E-state index >= 15 is 0 Å². The van der Waals surface area contributed by atoms with Gasteiger partial charge in [-0.05, 0) is 47.9 Å². The van der Waals surface area contributed by atoms with Gasteiger partial charge in [0.05, 0.1) is 0 Å². The van der Waals surface area contributed by atoms with Crippen molar-refractivity contribution in [1.29, 1.82) is 0 Å². The van der Waals surface area contributed by atoms with Crippen molar-refractivity contribution in [2.45, 2.75) is 0 Å². The zero-order valence-corrected chi connectivity index (χ0v) is 14.7. The third kappa shape index (κ3) is 4.13. The topological polar surface area (TPSA) is 66.6 Å². The van der Waals surface area contributed by atoms with E-state index in [1.165, 1.54) is 0 Å². The van der Waals surface area contributed by atoms with E-state index in [9.17, 15) is 0 Å². The summed E-state index contributed by atoms with van der Waals surface area (Å²) in [5.41, 5.74) is 0. The Morgan fingerprint density at radius 1 is 0.591 bits per heavy atom. The van der Waals surface area contributed by atoms with E-state index < -0.39 is 13.1 Å². The third-order valence-electron chi connectivity index (χ3n) is 2.64. The van der Waals surface area contributed by atoms with Gasteiger partial charge in [0.25, 0.3) is 13.1 Å². The second-order valence-electron chi connectivity index (χ2n) is 4.36. The molecule has 10 heteroatoms. The van der Waals surface area contributed by atoms with Crippen molar-refractivity contribution >= 4 is 36.7 Å². The average Bonchev–Trinajstić information content (AvgIpc) is 2.53. The van der Waals surface area contributed by atoms with Crippen molar-refractivity contribution in [1.82, 2.24) is 20.8 Å². The van der Waals surface area contributed by atoms with Crippen molar-refractivity contribution in [3.05, 3.63) is 60.7 Å². The van der Waals surface area contributed by atoms with Gasteiger partial charge in [0.2, 0.25) is 0 Å². The van der Waals surface area contributed by atoms with Crippen LogP contribution in [0, 0.1) is 0 Å². The summed E-state index contributed by atoms with van der Waals surface area (Å²) in [4.78, 5) is 0. The Labute approximate surface area is 138 Å². The van der Waals surface area contributed by atoms with Gasteiger partial charge in [-0.15, -0.1) is 0 Å². The molecule has 1 aliphatic rings. The van der Waals surface area contributed by atoms with E-state index in [1.54, 1.807) is 0 Å². The normalized spacial score (nSPS) is 28.0. The molecule has 1 saturated heterocycles. The van der Waals surface area contributed by atoms with E-state index in [2.05, 4.69) is 20.8 Å². The fourth-order valence-corrected chi connectivity index (χ4v) is 6.89. The molecule has 1 fully saturated rings. The number of hydrogen-bond acceptors (Lipinski definition) is 4. The van der Waals surface area contributed by atoms with Crippen LogP contribution in [0.3, 0.4) is 0 Å². The summed E-state index contributed by atoms with van der Waals surface area (Å²) < 4.78 is 11.6. The lowest BCUT2D eigenvalue weighted by molar-refractivity contribution is 0.520. The molecule has 0 atom stereocenters. The quantitative estimate of drug-likeness (QED) is 0.611. The number of hydrogen-bond donors (Lipinski definition) is 4. The predicted molar refractivity (Wildman–Crippen MR) is 95.3 cm³/mol. The van der Waals surface area contributed by atoms with Gasteiger partial charge in [-0.2, -0.15) is 20.8 Å². The molecule has 0 aliphatic carbocycles. The van der Waals surface area contributed by atoms with Crippen molar-refractivity contribution in [2.75, 3.05) is 0 Å². The third-order valence-corrected chi connectivity index (χ3v) is 7.10. The zero-order valence-electron chi connectivity index (χ0n) is 11.3. The minimum absolute atomic E-state index is 0.675. The zero-order chi connectivity index (χ0) is 15.5. The molecule has 0 radical (unpaired) electrons. The molecule has 0 aromatic heterocycles. The largest absolute Gasteiger partial charge is 0.440 e. The van der Waals surface area contributed by atoms with Crippen LogP contribution in [0.5, 0.6) is 11.5 Å². The van der Waals surface area contributed by atoms with Gasteiger partial charge in [0.1, 0.15) is 11.5 Å². The summed E-state index contributed by atoms with van der Waals surface area (Å²) in [5.74, 6) is 1.35. The lowest BCUT2D eigenvalue weighted by Crippen LogP contribution is -2.49. The summed E-state index contributed by atoms with van der Waals surface area (Å²) >= 11 is 10.9. The summed E-state index contributed by atoms with van der Waals surface area (Å²) in [7, 11) is 0. The minimum Gasteiger partial charge on any atom is -0.440 e. The molecule has 6 nitrogen and oxygen atoms in total. The van der Waals surface area contributed by atoms with Crippen LogP contribution in [-0.2, 0) is 23.6 Å². The molecule has 0 bridgehead atoms. The maximum Gasteiger partial charge on any atom is 0.275 e. The van der Waals surface area contributed by atoms with Crippen LogP contribution < -0.4 is 29.8 Å². The van der Waals surface area contributed by atoms with E-state index in [4.69, 9.17) is 32.7 Å². The van der Waals surface area contributed by atoms with Gasteiger partial charge in [0, 0.05) is 0 Å². The van der Waals surface area contributed by atoms with E-state index in [0.29, 0.717) is 11.5 Å². The second kappa shape index (κ2) is 6.74. The van der Waals surface area contributed by atoms with Crippen LogP contribution in [-0.4, -0.2) is 0 Å². The van der Waals surface area contributed by atoms with Crippen molar-refractivity contribution in [3.63, 3.8) is 0 Å². The fraction of sp³-hybridized carbons (Fsp3) is 0. The Bertz CT molecular complexity index is 653. The Kier molecular flexibility index (Phi) is 4.92. The van der Waals surface area contributed by atoms with E-state index in [0.717, 1.165) is 0 Å². The van der Waals surface area contributed by atoms with Gasteiger partial charge in [-0.3, -0.25) is 0 Å². The van der Waals surface area contributed by atoms with Crippen molar-refractivity contribution < 1.29 is 9.05 Å². The van der Waals surface area contributed by atoms with Crippen LogP contribution in [0.25, 0.3) is 0 Å². The molecule has 2 aromatic carbocycles. The number of para-hydroxylation sites is 2. The van der Waals surface area contributed by atoms with Crippen LogP contribution in [0.15, 0.2) is 60.7 Å². The highest BCUT2D eigenvalue weighted by Crippen LogP contribution is 2.48. The highest BCUT2D eigenvalue weighted by molar-refractivity contribution is 8.13. The van der Waals surface area contributed by atoms with Gasteiger partial charge in [0.15, 0.2) is 0 Å². The van der Waals surface area contributed by atoms with Gasteiger partial charge in [-0.25, -0.2) is 0 Å². The molecule has 0 spiro atoms. The molecule has 22 heavy (non-hydrogen) atoms. The Morgan fingerprint density at radius 3 is 1.23 bits per heavy atom. The number of benzene rings is 2. The number of rotatable bonds is 4. The van der Waals surface area contributed by atoms with Gasteiger partial charge >= 0.3 is 0 Å². The smallest absolute Gasteiger partial charge is 0.275 e. The first-order chi connectivity index (χ1) is 10.6. The maximum atomic E-state index is 5.78. The first kappa shape index (κ1) is 16.1. The van der Waals surface area contributed by atoms with E-state index in [-0.39, 0.29) is 0 Å². The SMILES string of the molecule is S=P1(Oc2ccccc2)NNP(=S)(Oc2ccccc2)NN1. The summed E-state index contributed by atoms with van der Waals surface area (Å²) in [6.45, 7) is -5.06. The Balaban J connectivity index is 1.64. The highest BCUT2D eigenvalue weighted by atomic mass is 32.5. The minimum atomic E-state index is -2.53. The van der Waals surface area contributed by atoms with Crippen molar-refractivity contribution in [2.24, 2.45) is 0 Å². The molecule has 3 rings (SSSR count). The second-order valence-corrected chi connectivity index (χ2v) is 10.9. The van der Waals surface area contributed by atoms with Gasteiger partial charge < -0.3 is 9.05 Å². The van der Waals surface area contributed by atoms with Crippen molar-refractivity contribution in [3.8, 4) is 11.5 Å². The summed E-state index contributed by atoms with van der Waals surface area (Å²) in [6, 6.07) is 18.7. The monoisotopic (exact) mass is 372 g/mol. The lowest BCUT2D eigenvalue weighted by Gasteiger charge is -2.36. The van der Waals surface area contributed by atoms with Crippen LogP contribution >= 0.6 is 13.1 Å². The van der Waals surface area contributed by atoms with Gasteiger partial charge in [-0.1, -0.05) is 36.4 Å². The highest BCUT2D eigenvalue weighted by Gasteiger charge is 2.32. The molecular formula is C12H14N4O2P2S2. The first-order valence-corrected chi connectivity index (χ1v) is 11.8. The standard InChI is InChI=1S/C12H14N4O2P2S2/c21-19(17-11-7-3-1-4-8-11)13-15-20(22,16-14-19)18-12-9-5-2-6-10-12/h1-10H,(H2,13,14,21)(H2,15,16,22). The predicted octanol–water partition coefficient (Wildman–Crippen LogP) is 2.80. The Morgan fingerprint density at radius 2 is 0.909 bits per heavy atom. The molecule has 116 valence electrons. The number of nitrogens with one attached hydrogen (secondary N) is 4. The lowest BCUT2D eigenvalue weighted by atomic mass is 10.3.